The average molecular weight is 413 g/mol. The van der Waals surface area contributed by atoms with Gasteiger partial charge in [-0.15, -0.1) is 0 Å². The normalized spacial score (nSPS) is 21.3. The van der Waals surface area contributed by atoms with Gasteiger partial charge in [-0.25, -0.2) is 4.99 Å². The van der Waals surface area contributed by atoms with Gasteiger partial charge in [0.2, 0.25) is 10.3 Å². The van der Waals surface area contributed by atoms with Crippen LogP contribution in [0.1, 0.15) is 0 Å². The third kappa shape index (κ3) is 3.75. The molecule has 23 heavy (non-hydrogen) atoms. The summed E-state index contributed by atoms with van der Waals surface area (Å²) in [5.41, 5.74) is -2.91. The number of halogens is 10. The van der Waals surface area contributed by atoms with E-state index in [9.17, 15) is 48.7 Å². The molecule has 0 bridgehead atoms. The topological polar surface area (TPSA) is 29.4 Å². The highest BCUT2D eigenvalue weighted by Gasteiger charge is 2.77. The van der Waals surface area contributed by atoms with Crippen LogP contribution in [-0.4, -0.2) is 32.1 Å². The van der Waals surface area contributed by atoms with Gasteiger partial charge in [0.25, 0.3) is 4.75 Å². The summed E-state index contributed by atoms with van der Waals surface area (Å²) in [5, 5.41) is 0. The van der Waals surface area contributed by atoms with E-state index in [1.54, 1.807) is 0 Å². The van der Waals surface area contributed by atoms with Gasteiger partial charge in [-0.3, -0.25) is 4.79 Å². The highest BCUT2D eigenvalue weighted by Crippen LogP contribution is 2.62. The first-order valence-corrected chi connectivity index (χ1v) is 6.91. The summed E-state index contributed by atoms with van der Waals surface area (Å²) in [7, 11) is 0. The fraction of sp³-hybridized carbons (Fsp3) is 0.500. The molecule has 0 saturated heterocycles. The van der Waals surface area contributed by atoms with E-state index < -0.39 is 67.1 Å². The number of carbonyl (C=O) groups excluding carboxylic acids is 1. The van der Waals surface area contributed by atoms with Crippen LogP contribution in [-0.2, 0) is 0 Å². The van der Waals surface area contributed by atoms with Gasteiger partial charge in [0.05, 0.1) is 0 Å². The van der Waals surface area contributed by atoms with Crippen molar-refractivity contribution in [1.82, 2.24) is 0 Å². The second-order valence-corrected chi connectivity index (χ2v) is 6.82. The predicted molar refractivity (Wildman–Crippen MR) is 66.0 cm³/mol. The Hall–Kier alpha value is -0.570. The van der Waals surface area contributed by atoms with Crippen LogP contribution in [0.3, 0.4) is 0 Å². The maximum atomic E-state index is 13.2. The molecular weight excluding hydrogens is 412 g/mol. The SMILES string of the molecule is O=C(S)SC1=NC(=C(F)C(F)(F)F)C(C(F)(F)F)(C(F)(F)F)S1. The lowest BCUT2D eigenvalue weighted by molar-refractivity contribution is -0.253. The Morgan fingerprint density at radius 1 is 1.04 bits per heavy atom. The first-order valence-electron chi connectivity index (χ1n) is 4.83. The minimum Gasteiger partial charge on any atom is -0.274 e. The number of carbonyl (C=O) groups is 1. The van der Waals surface area contributed by atoms with Gasteiger partial charge in [-0.2, -0.15) is 43.9 Å². The Bertz CT molecular complexity index is 558. The van der Waals surface area contributed by atoms with E-state index in [1.165, 1.54) is 0 Å². The first-order chi connectivity index (χ1) is 10.0. The highest BCUT2D eigenvalue weighted by atomic mass is 32.2. The van der Waals surface area contributed by atoms with Crippen LogP contribution in [0.4, 0.5) is 48.7 Å². The number of alkyl halides is 9. The first kappa shape index (κ1) is 20.5. The van der Waals surface area contributed by atoms with Crippen LogP contribution in [0.5, 0.6) is 0 Å². The van der Waals surface area contributed by atoms with E-state index in [0.29, 0.717) is 0 Å². The zero-order chi connectivity index (χ0) is 18.4. The van der Waals surface area contributed by atoms with E-state index in [1.807, 2.05) is 0 Å². The van der Waals surface area contributed by atoms with Gasteiger partial charge >= 0.3 is 18.5 Å². The molecule has 1 aliphatic rings. The molecule has 0 amide bonds. The maximum absolute atomic E-state index is 13.2. The number of thiol groups is 1. The molecule has 2 nitrogen and oxygen atoms in total. The van der Waals surface area contributed by atoms with Crippen molar-refractivity contribution in [3.05, 3.63) is 11.5 Å². The summed E-state index contributed by atoms with van der Waals surface area (Å²) < 4.78 is 120. The van der Waals surface area contributed by atoms with Gasteiger partial charge < -0.3 is 0 Å². The van der Waals surface area contributed by atoms with Crippen molar-refractivity contribution in [2.75, 3.05) is 0 Å². The second kappa shape index (κ2) is 6.06. The summed E-state index contributed by atoms with van der Waals surface area (Å²) in [6.45, 7) is 0. The van der Waals surface area contributed by atoms with Crippen LogP contribution in [0, 0.1) is 0 Å². The number of thioether (sulfide) groups is 2. The lowest BCUT2D eigenvalue weighted by Gasteiger charge is -2.33. The van der Waals surface area contributed by atoms with E-state index in [2.05, 4.69) is 17.6 Å². The molecule has 0 aromatic heterocycles. The molecular formula is C8HF10NOS3. The Balaban J connectivity index is 3.72. The molecule has 1 heterocycles. The molecule has 1 rings (SSSR count). The molecule has 0 saturated carbocycles. The molecule has 132 valence electrons. The van der Waals surface area contributed by atoms with E-state index in [4.69, 9.17) is 0 Å². The third-order valence-electron chi connectivity index (χ3n) is 2.21. The Morgan fingerprint density at radius 2 is 1.48 bits per heavy atom. The van der Waals surface area contributed by atoms with E-state index in [-0.39, 0.29) is 0 Å². The van der Waals surface area contributed by atoms with Gasteiger partial charge in [0.1, 0.15) is 10.1 Å². The molecule has 0 spiro atoms. The predicted octanol–water partition coefficient (Wildman–Crippen LogP) is 5.48. The zero-order valence-electron chi connectivity index (χ0n) is 9.90. The van der Waals surface area contributed by atoms with E-state index >= 15 is 0 Å². The fourth-order valence-electron chi connectivity index (χ4n) is 1.37. The number of allylic oxidation sites excluding steroid dienone is 1. The highest BCUT2D eigenvalue weighted by molar-refractivity contribution is 8.51. The van der Waals surface area contributed by atoms with Crippen LogP contribution >= 0.6 is 36.2 Å². The van der Waals surface area contributed by atoms with Crippen molar-refractivity contribution < 1.29 is 48.7 Å². The molecule has 0 radical (unpaired) electrons. The lowest BCUT2D eigenvalue weighted by atomic mass is 10.0. The molecule has 15 heteroatoms. The molecule has 0 N–H and O–H groups in total. The van der Waals surface area contributed by atoms with Crippen molar-refractivity contribution in [1.29, 1.82) is 0 Å². The number of aliphatic imine (C=N–C) groups is 1. The molecule has 0 aromatic rings. The quantitative estimate of drug-likeness (QED) is 0.421. The summed E-state index contributed by atoms with van der Waals surface area (Å²) in [6, 6.07) is 0. The molecule has 0 fully saturated rings. The minimum atomic E-state index is -6.38. The van der Waals surface area contributed by atoms with Gasteiger partial charge in [-0.1, -0.05) is 24.4 Å². The fourth-order valence-corrected chi connectivity index (χ4v) is 3.74. The molecule has 0 unspecified atom stereocenters. The molecule has 1 aliphatic heterocycles. The smallest absolute Gasteiger partial charge is 0.274 e. The van der Waals surface area contributed by atoms with Crippen LogP contribution < -0.4 is 0 Å². The van der Waals surface area contributed by atoms with Gasteiger partial charge in [0, 0.05) is 0 Å². The second-order valence-electron chi connectivity index (χ2n) is 3.68. The van der Waals surface area contributed by atoms with Gasteiger partial charge in [-0.05, 0) is 11.8 Å². The lowest BCUT2D eigenvalue weighted by Crippen LogP contribution is -2.54. The van der Waals surface area contributed by atoms with Crippen LogP contribution in [0.2, 0.25) is 0 Å². The molecule has 0 aromatic carbocycles. The number of nitrogens with zero attached hydrogens (tertiary/aromatic N) is 1. The van der Waals surface area contributed by atoms with Crippen molar-refractivity contribution in [2.24, 2.45) is 4.99 Å². The zero-order valence-corrected chi connectivity index (χ0v) is 12.4. The standard InChI is InChI=1S/C8HF10NOS3/c9-1(6(10,11)12)2-5(7(13,14)15,8(16,17)18)23-3(19-2)22-4(20)21/h(H,20,21). The van der Waals surface area contributed by atoms with Crippen molar-refractivity contribution >= 4 is 45.0 Å². The van der Waals surface area contributed by atoms with Crippen LogP contribution in [0.15, 0.2) is 16.5 Å². The van der Waals surface area contributed by atoms with E-state index in [0.717, 1.165) is 0 Å². The van der Waals surface area contributed by atoms with Crippen molar-refractivity contribution in [2.45, 2.75) is 23.3 Å². The Labute approximate surface area is 134 Å². The monoisotopic (exact) mass is 413 g/mol. The van der Waals surface area contributed by atoms with Crippen molar-refractivity contribution in [3.8, 4) is 0 Å². The van der Waals surface area contributed by atoms with Gasteiger partial charge in [0.15, 0.2) is 0 Å². The molecule has 0 atom stereocenters. The summed E-state index contributed by atoms with van der Waals surface area (Å²) in [4.78, 5) is 13.0. The summed E-state index contributed by atoms with van der Waals surface area (Å²) in [6.07, 6.45) is -18.9. The third-order valence-corrected chi connectivity index (χ3v) is 4.65. The summed E-state index contributed by atoms with van der Waals surface area (Å²) >= 11 is 1.40. The maximum Gasteiger partial charge on any atom is 0.444 e. The Morgan fingerprint density at radius 3 is 1.78 bits per heavy atom. The van der Waals surface area contributed by atoms with Crippen LogP contribution in [0.25, 0.3) is 0 Å². The van der Waals surface area contributed by atoms with Crippen molar-refractivity contribution in [3.63, 3.8) is 0 Å². The Kier molecular flexibility index (Phi) is 5.39. The number of hydrogen-bond acceptors (Lipinski definition) is 4. The average Bonchev–Trinajstić information content (AvgIpc) is 2.64. The summed E-state index contributed by atoms with van der Waals surface area (Å²) in [5.74, 6) is -3.65. The number of rotatable bonds is 0. The number of hydrogen-bond donors (Lipinski definition) is 1. The largest absolute Gasteiger partial charge is 0.444 e. The molecule has 0 aliphatic carbocycles. The minimum absolute atomic E-state index is 0.402.